The molecule has 4 heterocycles. The number of carbonyl (C=O) groups excluding carboxylic acids is 8. The summed E-state index contributed by atoms with van der Waals surface area (Å²) in [4.78, 5) is 129. The van der Waals surface area contributed by atoms with Crippen molar-refractivity contribution in [3.05, 3.63) is 189 Å². The van der Waals surface area contributed by atoms with E-state index in [4.69, 9.17) is 126 Å². The number of anilines is 2. The molecule has 4 aliphatic rings. The summed E-state index contributed by atoms with van der Waals surface area (Å²) in [5.74, 6) is -9.81. The van der Waals surface area contributed by atoms with Gasteiger partial charge in [0.15, 0.2) is 23.1 Å². The zero-order chi connectivity index (χ0) is 60.1. The van der Waals surface area contributed by atoms with Crippen LogP contribution in [0.5, 0.6) is 0 Å². The second kappa shape index (κ2) is 21.8. The fourth-order valence-electron chi connectivity index (χ4n) is 10.6. The van der Waals surface area contributed by atoms with Crippen LogP contribution >= 0.6 is 243 Å². The molecular formula is C53H10Br8Cl10N4O8. The fraction of sp³-hybridized carbons (Fsp3) is 0.0566. The van der Waals surface area contributed by atoms with Gasteiger partial charge in [0.2, 0.25) is 0 Å². The summed E-state index contributed by atoms with van der Waals surface area (Å²) in [7, 11) is 0. The molecule has 0 saturated heterocycles. The van der Waals surface area contributed by atoms with Crippen LogP contribution in [0.1, 0.15) is 117 Å². The van der Waals surface area contributed by atoms with Gasteiger partial charge in [-0.25, -0.2) is 19.8 Å². The minimum atomic E-state index is -1.63. The van der Waals surface area contributed by atoms with E-state index < -0.39 is 65.0 Å². The minimum absolute atomic E-state index is 0.0337. The third-order valence-corrected chi connectivity index (χ3v) is 27.9. The Morgan fingerprint density at radius 3 is 0.855 bits per heavy atom. The highest BCUT2D eigenvalue weighted by molar-refractivity contribution is 9.15. The van der Waals surface area contributed by atoms with Crippen LogP contribution in [0.2, 0.25) is 50.2 Å². The number of ketones is 4. The van der Waals surface area contributed by atoms with Crippen LogP contribution in [0, 0.1) is 0 Å². The van der Waals surface area contributed by atoms with Gasteiger partial charge in [-0.2, -0.15) is 0 Å². The number of halogens is 18. The Kier molecular flexibility index (Phi) is 16.1. The molecule has 0 N–H and O–H groups in total. The SMILES string of the molecule is O=C1c2c(Cl)c(Cl)c(Cl)c(Cl)c2C(=O)C1c1ccc2c(N3C(=O)c4c(Br)c(Br)c(Br)c(Br)c4C3=O)c(Cc3cc(Cl)c4nc(C5C(=O)c6c(Cl)c(Cl)c(Cl)c(Cl)c6C5=O)ccc4c3N3C(=O)c4c(Br)c(Br)c(Br)c(Br)c4C3=O)cc(Cl)c2n1. The summed E-state index contributed by atoms with van der Waals surface area (Å²) in [5, 5.41) is -2.39. The second-order valence-electron chi connectivity index (χ2n) is 18.4. The Balaban J connectivity index is 1.09. The summed E-state index contributed by atoms with van der Waals surface area (Å²) >= 11 is 93.7. The van der Waals surface area contributed by atoms with Gasteiger partial charge in [-0.1, -0.05) is 116 Å². The summed E-state index contributed by atoms with van der Waals surface area (Å²) in [6.07, 6.45) is -0.410. The smallest absolute Gasteiger partial charge is 0.267 e. The highest BCUT2D eigenvalue weighted by Crippen LogP contribution is 2.54. The fourth-order valence-corrected chi connectivity index (χ4v) is 18.1. The number of imide groups is 2. The molecule has 0 bridgehead atoms. The van der Waals surface area contributed by atoms with Gasteiger partial charge in [-0.05, 0) is 175 Å². The van der Waals surface area contributed by atoms with Crippen molar-refractivity contribution in [1.29, 1.82) is 0 Å². The normalized spacial score (nSPS) is 15.2. The van der Waals surface area contributed by atoms with Gasteiger partial charge >= 0.3 is 0 Å². The number of carbonyl (C=O) groups is 8. The lowest BCUT2D eigenvalue weighted by atomic mass is 9.93. The van der Waals surface area contributed by atoms with Crippen LogP contribution in [0.4, 0.5) is 11.4 Å². The standard InChI is InChI=1S/C53H10Br8Cl10N4O8/c54-26-18-19(27(55)31(59)30(26)58)51(81)74(50(18)80)44-8(6-12(62)42-10(44)1-3-14(72-42)16-46(76)22-23(47(16)77)35(65)39(69)38(68)34(22)64)5-9-7-13(63)43-11(45(9)75-52(82)20-21(53(75)83)29(57)33(61)32(60)28(20)56)2-4-15(73-43)17-48(78)24-25(49(17)79)37(67)41(71)40(70)36(24)66/h1-4,6-7,16-17H,5H2. The number of nitrogens with zero attached hydrogens (tertiary/aromatic N) is 4. The van der Waals surface area contributed by atoms with Crippen LogP contribution in [0.15, 0.2) is 72.2 Å². The van der Waals surface area contributed by atoms with Gasteiger partial charge in [0.1, 0.15) is 11.8 Å². The number of amides is 4. The molecule has 83 heavy (non-hydrogen) atoms. The topological polar surface area (TPSA) is 169 Å². The molecule has 2 aliphatic carbocycles. The van der Waals surface area contributed by atoms with Crippen molar-refractivity contribution in [1.82, 2.24) is 9.97 Å². The molecule has 416 valence electrons. The maximum atomic E-state index is 15.2. The van der Waals surface area contributed by atoms with Crippen molar-refractivity contribution in [2.24, 2.45) is 0 Å². The van der Waals surface area contributed by atoms with Crippen molar-refractivity contribution in [3.8, 4) is 0 Å². The quantitative estimate of drug-likeness (QED) is 0.0676. The lowest BCUT2D eigenvalue weighted by Crippen LogP contribution is -2.32. The number of Topliss-reactive ketones (excluding diaryl/α,β-unsaturated/α-hetero) is 4. The summed E-state index contributed by atoms with van der Waals surface area (Å²) in [6, 6.07) is 8.25. The predicted octanol–water partition coefficient (Wildman–Crippen LogP) is 20.9. The highest BCUT2D eigenvalue weighted by Gasteiger charge is 2.50. The number of benzene rings is 6. The van der Waals surface area contributed by atoms with E-state index >= 15 is 19.2 Å². The maximum absolute atomic E-state index is 15.2. The summed E-state index contributed by atoms with van der Waals surface area (Å²) in [6.45, 7) is 0. The molecule has 6 aromatic carbocycles. The van der Waals surface area contributed by atoms with E-state index in [1.165, 1.54) is 36.4 Å². The predicted molar refractivity (Wildman–Crippen MR) is 349 cm³/mol. The number of hydrogen-bond acceptors (Lipinski definition) is 10. The van der Waals surface area contributed by atoms with Crippen LogP contribution in [-0.2, 0) is 6.42 Å². The Labute approximate surface area is 581 Å². The summed E-state index contributed by atoms with van der Waals surface area (Å²) < 4.78 is 2.35. The Hall–Kier alpha value is -2.16. The number of rotatable bonds is 6. The maximum Gasteiger partial charge on any atom is 0.267 e. The van der Waals surface area contributed by atoms with Crippen molar-refractivity contribution in [2.45, 2.75) is 18.3 Å². The monoisotopic (exact) mass is 1810 g/mol. The molecule has 0 unspecified atom stereocenters. The first-order chi connectivity index (χ1) is 39.1. The zero-order valence-corrected chi connectivity index (χ0v) is 59.4. The Bertz CT molecular complexity index is 4230. The highest BCUT2D eigenvalue weighted by atomic mass is 79.9. The molecule has 0 saturated carbocycles. The first-order valence-corrected chi connectivity index (χ1v) is 32.8. The number of pyridine rings is 2. The molecular weight excluding hydrogens is 1810 g/mol. The van der Waals surface area contributed by atoms with E-state index in [0.717, 1.165) is 9.80 Å². The first-order valence-electron chi connectivity index (χ1n) is 22.7. The van der Waals surface area contributed by atoms with Crippen molar-refractivity contribution >= 4 is 323 Å². The van der Waals surface area contributed by atoms with Gasteiger partial charge in [0.05, 0.1) is 129 Å². The summed E-state index contributed by atoms with van der Waals surface area (Å²) in [5.41, 5.74) is -1.84. The molecule has 0 fully saturated rings. The number of aromatic nitrogens is 2. The Morgan fingerprint density at radius 1 is 0.349 bits per heavy atom. The molecule has 4 amide bonds. The van der Waals surface area contributed by atoms with Crippen LogP contribution in [0.3, 0.4) is 0 Å². The van der Waals surface area contributed by atoms with Crippen LogP contribution in [-0.4, -0.2) is 56.7 Å². The van der Waals surface area contributed by atoms with E-state index in [1.54, 1.807) is 0 Å². The molecule has 2 aliphatic heterocycles. The minimum Gasteiger partial charge on any atom is -0.293 e. The third kappa shape index (κ3) is 8.70. The molecule has 12 nitrogen and oxygen atoms in total. The van der Waals surface area contributed by atoms with E-state index in [9.17, 15) is 19.2 Å². The molecule has 8 aromatic rings. The lowest BCUT2D eigenvalue weighted by molar-refractivity contribution is 0.0872. The van der Waals surface area contributed by atoms with E-state index in [0.29, 0.717) is 17.9 Å². The average molecular weight is 1820 g/mol. The molecule has 0 atom stereocenters. The van der Waals surface area contributed by atoms with Crippen molar-refractivity contribution in [3.63, 3.8) is 0 Å². The first kappa shape index (κ1) is 61.1. The van der Waals surface area contributed by atoms with E-state index in [2.05, 4.69) is 127 Å². The third-order valence-electron chi connectivity index (χ3n) is 14.2. The largest absolute Gasteiger partial charge is 0.293 e. The van der Waals surface area contributed by atoms with Gasteiger partial charge in [-0.15, -0.1) is 0 Å². The van der Waals surface area contributed by atoms with Gasteiger partial charge < -0.3 is 0 Å². The zero-order valence-electron chi connectivity index (χ0n) is 39.2. The van der Waals surface area contributed by atoms with Crippen molar-refractivity contribution in [2.75, 3.05) is 9.80 Å². The number of hydrogen-bond donors (Lipinski definition) is 0. The van der Waals surface area contributed by atoms with E-state index in [-0.39, 0.29) is 168 Å². The average Bonchev–Trinajstić information content (AvgIpc) is 2.28. The van der Waals surface area contributed by atoms with Gasteiger partial charge in [0.25, 0.3) is 23.6 Å². The number of fused-ring (bicyclic) bond motifs is 6. The van der Waals surface area contributed by atoms with Crippen molar-refractivity contribution < 1.29 is 38.4 Å². The molecule has 0 radical (unpaired) electrons. The molecule has 12 rings (SSSR count). The van der Waals surface area contributed by atoms with Crippen LogP contribution in [0.25, 0.3) is 21.8 Å². The molecule has 30 heteroatoms. The lowest BCUT2D eigenvalue weighted by Gasteiger charge is -2.25. The van der Waals surface area contributed by atoms with Gasteiger partial charge in [0, 0.05) is 53.0 Å². The molecule has 0 spiro atoms. The van der Waals surface area contributed by atoms with E-state index in [1.807, 2.05) is 0 Å². The molecule has 2 aromatic heterocycles. The van der Waals surface area contributed by atoms with Crippen LogP contribution < -0.4 is 9.80 Å². The van der Waals surface area contributed by atoms with Gasteiger partial charge in [-0.3, -0.25) is 38.4 Å². The second-order valence-corrected chi connectivity index (χ2v) is 28.6. The Morgan fingerprint density at radius 2 is 0.602 bits per heavy atom.